The summed E-state index contributed by atoms with van der Waals surface area (Å²) in [5.74, 6) is -2.81. The number of benzene rings is 1. The molecule has 3 aromatic rings. The highest BCUT2D eigenvalue weighted by Crippen LogP contribution is 2.26. The van der Waals surface area contributed by atoms with Crippen LogP contribution in [0.15, 0.2) is 53.7 Å². The molecule has 2 aromatic heterocycles. The number of halogens is 2. The first-order chi connectivity index (χ1) is 14.1. The van der Waals surface area contributed by atoms with E-state index in [4.69, 9.17) is 0 Å². The summed E-state index contributed by atoms with van der Waals surface area (Å²) in [6, 6.07) is 6.82. The van der Waals surface area contributed by atoms with E-state index in [0.29, 0.717) is 21.9 Å². The highest BCUT2D eigenvalue weighted by atomic mass is 32.2. The van der Waals surface area contributed by atoms with Crippen LogP contribution in [0.4, 0.5) is 14.6 Å². The zero-order valence-corrected chi connectivity index (χ0v) is 16.8. The zero-order valence-electron chi connectivity index (χ0n) is 16.0. The molecule has 10 heteroatoms. The molecule has 0 bridgehead atoms. The minimum absolute atomic E-state index is 0.126. The van der Waals surface area contributed by atoms with Crippen LogP contribution in [0, 0.1) is 23.8 Å². The second kappa shape index (κ2) is 8.15. The molecule has 0 radical (unpaired) electrons. The van der Waals surface area contributed by atoms with E-state index in [1.54, 1.807) is 6.07 Å². The Balaban J connectivity index is 2.03. The van der Waals surface area contributed by atoms with Gasteiger partial charge in [-0.05, 0) is 35.9 Å². The third-order valence-electron chi connectivity index (χ3n) is 4.35. The van der Waals surface area contributed by atoms with E-state index >= 15 is 0 Å². The average Bonchev–Trinajstić information content (AvgIpc) is 2.64. The minimum atomic E-state index is -4.19. The Labute approximate surface area is 171 Å². The van der Waals surface area contributed by atoms with E-state index in [0.717, 1.165) is 12.1 Å². The number of nitrogens with one attached hydrogen (secondary N) is 1. The summed E-state index contributed by atoms with van der Waals surface area (Å²) in [4.78, 5) is 14.6. The molecule has 1 aromatic carbocycles. The second-order valence-electron chi connectivity index (χ2n) is 6.61. The molecular weight excluding hydrogens is 416 g/mol. The van der Waals surface area contributed by atoms with Gasteiger partial charge in [-0.15, -0.1) is 0 Å². The number of amides is 1. The molecule has 0 atom stereocenters. The van der Waals surface area contributed by atoms with E-state index in [9.17, 15) is 27.2 Å². The van der Waals surface area contributed by atoms with Crippen LogP contribution in [-0.4, -0.2) is 19.3 Å². The van der Waals surface area contributed by atoms with E-state index in [1.165, 1.54) is 38.4 Å². The molecule has 7 nitrogen and oxygen atoms in total. The third-order valence-corrected chi connectivity index (χ3v) is 6.05. The van der Waals surface area contributed by atoms with Gasteiger partial charge in [-0.2, -0.15) is 4.73 Å². The maximum absolute atomic E-state index is 14.0. The fraction of sp³-hybridized carbons (Fsp3) is 0.150. The quantitative estimate of drug-likeness (QED) is 0.379. The molecule has 0 saturated carbocycles. The number of anilines is 1. The number of sulfone groups is 1. The van der Waals surface area contributed by atoms with Crippen molar-refractivity contribution >= 4 is 21.6 Å². The fourth-order valence-corrected chi connectivity index (χ4v) is 4.36. The van der Waals surface area contributed by atoms with Gasteiger partial charge in [0.15, 0.2) is 21.7 Å². The minimum Gasteiger partial charge on any atom is -0.618 e. The predicted molar refractivity (Wildman–Crippen MR) is 105 cm³/mol. The van der Waals surface area contributed by atoms with Gasteiger partial charge >= 0.3 is 0 Å². The summed E-state index contributed by atoms with van der Waals surface area (Å²) in [7, 11) is -4.19. The van der Waals surface area contributed by atoms with E-state index in [2.05, 4.69) is 10.3 Å². The molecule has 0 aliphatic rings. The molecule has 1 amide bonds. The van der Waals surface area contributed by atoms with Crippen LogP contribution < -0.4 is 10.0 Å². The van der Waals surface area contributed by atoms with E-state index < -0.39 is 32.1 Å². The van der Waals surface area contributed by atoms with Crippen LogP contribution in [0.1, 0.15) is 18.2 Å². The first-order valence-corrected chi connectivity index (χ1v) is 10.4. The number of carbonyl (C=O) groups is 1. The maximum atomic E-state index is 14.0. The van der Waals surface area contributed by atoms with E-state index in [1.807, 2.05) is 0 Å². The maximum Gasteiger partial charge on any atom is 0.222 e. The Bertz CT molecular complexity index is 1250. The van der Waals surface area contributed by atoms with Gasteiger partial charge in [0.1, 0.15) is 22.3 Å². The number of rotatable bonds is 5. The largest absolute Gasteiger partial charge is 0.618 e. The van der Waals surface area contributed by atoms with Crippen molar-refractivity contribution in [2.75, 3.05) is 5.32 Å². The van der Waals surface area contributed by atoms with Gasteiger partial charge in [0, 0.05) is 37.2 Å². The molecule has 0 unspecified atom stereocenters. The van der Waals surface area contributed by atoms with Crippen LogP contribution >= 0.6 is 0 Å². The topological polar surface area (TPSA) is 103 Å². The number of aromatic nitrogens is 2. The van der Waals surface area contributed by atoms with Gasteiger partial charge in [0.05, 0.1) is 5.75 Å². The lowest BCUT2D eigenvalue weighted by molar-refractivity contribution is -0.612. The standard InChI is InChI=1S/C20H17F2N3O4S/c1-12-16(11-30(28,29)19-4-3-17(21)9-18(19)22)7-15(10-25(12)27)14-5-6-23-20(8-14)24-13(2)26/h3-10H,11H2,1-2H3,(H,23,24,26). The number of hydrogen-bond donors (Lipinski definition) is 1. The lowest BCUT2D eigenvalue weighted by Gasteiger charge is -2.12. The van der Waals surface area contributed by atoms with Crippen molar-refractivity contribution in [2.45, 2.75) is 24.5 Å². The predicted octanol–water partition coefficient (Wildman–Crippen LogP) is 2.90. The van der Waals surface area contributed by atoms with Gasteiger partial charge < -0.3 is 10.5 Å². The van der Waals surface area contributed by atoms with Crippen molar-refractivity contribution in [3.8, 4) is 11.1 Å². The van der Waals surface area contributed by atoms with Gasteiger partial charge in [0.2, 0.25) is 5.91 Å². The average molecular weight is 433 g/mol. The monoisotopic (exact) mass is 433 g/mol. The second-order valence-corrected chi connectivity index (χ2v) is 8.57. The van der Waals surface area contributed by atoms with Crippen LogP contribution in [0.25, 0.3) is 11.1 Å². The van der Waals surface area contributed by atoms with Crippen molar-refractivity contribution in [3.63, 3.8) is 0 Å². The third kappa shape index (κ3) is 4.60. The molecule has 2 heterocycles. The molecule has 0 aliphatic heterocycles. The van der Waals surface area contributed by atoms with Gasteiger partial charge in [-0.25, -0.2) is 22.2 Å². The summed E-state index contributed by atoms with van der Waals surface area (Å²) < 4.78 is 53.0. The summed E-state index contributed by atoms with van der Waals surface area (Å²) in [6.45, 7) is 2.77. The fourth-order valence-electron chi connectivity index (χ4n) is 2.87. The summed E-state index contributed by atoms with van der Waals surface area (Å²) in [5.41, 5.74) is 1.18. The first kappa shape index (κ1) is 21.3. The SMILES string of the molecule is CC(=O)Nc1cc(-c2cc(CS(=O)(=O)c3ccc(F)cc3F)c(C)[n+]([O-])c2)ccn1. The van der Waals surface area contributed by atoms with Crippen LogP contribution in [-0.2, 0) is 20.4 Å². The Hall–Kier alpha value is -3.40. The van der Waals surface area contributed by atoms with Crippen molar-refractivity contribution in [3.05, 3.63) is 76.9 Å². The van der Waals surface area contributed by atoms with Crippen LogP contribution in [0.2, 0.25) is 0 Å². The Morgan fingerprint density at radius 1 is 1.17 bits per heavy atom. The number of pyridine rings is 2. The highest BCUT2D eigenvalue weighted by molar-refractivity contribution is 7.90. The lowest BCUT2D eigenvalue weighted by Crippen LogP contribution is -2.31. The molecule has 0 aliphatic carbocycles. The van der Waals surface area contributed by atoms with Crippen molar-refractivity contribution in [2.24, 2.45) is 0 Å². The van der Waals surface area contributed by atoms with Gasteiger partial charge in [-0.1, -0.05) is 0 Å². The smallest absolute Gasteiger partial charge is 0.222 e. The van der Waals surface area contributed by atoms with Gasteiger partial charge in [-0.3, -0.25) is 4.79 Å². The highest BCUT2D eigenvalue weighted by Gasteiger charge is 2.24. The molecule has 0 saturated heterocycles. The molecule has 0 fully saturated rings. The zero-order chi connectivity index (χ0) is 22.1. The molecule has 30 heavy (non-hydrogen) atoms. The summed E-state index contributed by atoms with van der Waals surface area (Å²) >= 11 is 0. The molecule has 0 spiro atoms. The van der Waals surface area contributed by atoms with Crippen molar-refractivity contribution in [1.82, 2.24) is 4.98 Å². The van der Waals surface area contributed by atoms with E-state index in [-0.39, 0.29) is 23.0 Å². The first-order valence-electron chi connectivity index (χ1n) is 8.71. The van der Waals surface area contributed by atoms with Crippen molar-refractivity contribution in [1.29, 1.82) is 0 Å². The van der Waals surface area contributed by atoms with Crippen molar-refractivity contribution < 1.29 is 26.7 Å². The molecule has 1 N–H and O–H groups in total. The Kier molecular flexibility index (Phi) is 5.79. The Morgan fingerprint density at radius 3 is 2.57 bits per heavy atom. The normalized spacial score (nSPS) is 11.3. The molecular formula is C20H17F2N3O4S. The number of carbonyl (C=O) groups excluding carboxylic acids is 1. The number of hydrogen-bond acceptors (Lipinski definition) is 5. The van der Waals surface area contributed by atoms with Crippen LogP contribution in [0.3, 0.4) is 0 Å². The summed E-state index contributed by atoms with van der Waals surface area (Å²) in [6.07, 6.45) is 2.69. The summed E-state index contributed by atoms with van der Waals surface area (Å²) in [5, 5.41) is 14.9. The lowest BCUT2D eigenvalue weighted by atomic mass is 10.1. The molecule has 3 rings (SSSR count). The number of nitrogens with zero attached hydrogens (tertiary/aromatic N) is 2. The van der Waals surface area contributed by atoms with Crippen LogP contribution in [0.5, 0.6) is 0 Å². The Morgan fingerprint density at radius 2 is 1.90 bits per heavy atom. The molecule has 156 valence electrons. The van der Waals surface area contributed by atoms with Gasteiger partial charge in [0.25, 0.3) is 0 Å².